The van der Waals surface area contributed by atoms with Gasteiger partial charge in [-0.2, -0.15) is 13.2 Å². The van der Waals surface area contributed by atoms with Gasteiger partial charge in [-0.15, -0.1) is 0 Å². The average molecular weight is 533 g/mol. The van der Waals surface area contributed by atoms with E-state index in [1.807, 2.05) is 19.1 Å². The van der Waals surface area contributed by atoms with Crippen LogP contribution in [0.5, 0.6) is 0 Å². The SMILES string of the molecule is CC[C@@H](NC(=O)[C@@]1(C2CC2)CC[C@@H](N2CCC(c3ccc(F)cc3)CC2)CO1)c1cccc(C(F)(F)F)c1. The van der Waals surface area contributed by atoms with Crippen molar-refractivity contribution in [1.29, 1.82) is 0 Å². The van der Waals surface area contributed by atoms with Crippen molar-refractivity contribution in [2.45, 2.75) is 81.6 Å². The van der Waals surface area contributed by atoms with E-state index < -0.39 is 23.4 Å². The molecule has 5 rings (SSSR count). The van der Waals surface area contributed by atoms with E-state index in [1.54, 1.807) is 6.07 Å². The molecule has 4 nitrogen and oxygen atoms in total. The zero-order valence-electron chi connectivity index (χ0n) is 21.8. The molecule has 3 aliphatic rings. The number of piperidine rings is 1. The van der Waals surface area contributed by atoms with Gasteiger partial charge >= 0.3 is 6.18 Å². The van der Waals surface area contributed by atoms with Gasteiger partial charge in [-0.1, -0.05) is 31.2 Å². The minimum absolute atomic E-state index is 0.159. The van der Waals surface area contributed by atoms with Crippen LogP contribution in [0.2, 0.25) is 0 Å². The molecule has 2 heterocycles. The molecule has 38 heavy (non-hydrogen) atoms. The number of halogens is 4. The molecule has 2 saturated heterocycles. The maximum absolute atomic E-state index is 13.6. The number of hydrogen-bond acceptors (Lipinski definition) is 3. The summed E-state index contributed by atoms with van der Waals surface area (Å²) in [5.74, 6) is 0.174. The standard InChI is InChI=1S/C30H36F4N2O2/c1-2-27(22-4-3-5-24(18-22)30(32,33)34)35-28(37)29(23-8-9-23)15-12-26(19-38-29)36-16-13-21(14-17-36)20-6-10-25(31)11-7-20/h3-7,10-11,18,21,23,26-27H,2,8-9,12-17,19H2,1H3,(H,35,37)/t26-,27-,29+/m1/s1. The van der Waals surface area contributed by atoms with Crippen LogP contribution in [0.15, 0.2) is 48.5 Å². The highest BCUT2D eigenvalue weighted by atomic mass is 19.4. The van der Waals surface area contributed by atoms with Gasteiger partial charge < -0.3 is 10.1 Å². The third-order valence-electron chi connectivity index (χ3n) is 8.72. The van der Waals surface area contributed by atoms with Gasteiger partial charge in [0.05, 0.1) is 18.2 Å². The molecule has 0 spiro atoms. The fourth-order valence-corrected chi connectivity index (χ4v) is 6.27. The van der Waals surface area contributed by atoms with Crippen LogP contribution in [-0.2, 0) is 15.7 Å². The van der Waals surface area contributed by atoms with Crippen LogP contribution in [0.25, 0.3) is 0 Å². The Bertz CT molecular complexity index is 1100. The average Bonchev–Trinajstić information content (AvgIpc) is 3.78. The molecule has 8 heteroatoms. The number of carbonyl (C=O) groups excluding carboxylic acids is 1. The van der Waals surface area contributed by atoms with Gasteiger partial charge in [0.15, 0.2) is 0 Å². The Morgan fingerprint density at radius 3 is 2.37 bits per heavy atom. The van der Waals surface area contributed by atoms with Gasteiger partial charge in [-0.3, -0.25) is 9.69 Å². The highest BCUT2D eigenvalue weighted by molar-refractivity contribution is 5.86. The van der Waals surface area contributed by atoms with Crippen molar-refractivity contribution >= 4 is 5.91 Å². The summed E-state index contributed by atoms with van der Waals surface area (Å²) in [6.45, 7) is 4.21. The first-order chi connectivity index (χ1) is 18.2. The first kappa shape index (κ1) is 27.1. The van der Waals surface area contributed by atoms with Crippen LogP contribution in [0.4, 0.5) is 17.6 Å². The first-order valence-electron chi connectivity index (χ1n) is 13.8. The summed E-state index contributed by atoms with van der Waals surface area (Å²) in [7, 11) is 0. The highest BCUT2D eigenvalue weighted by Crippen LogP contribution is 2.48. The number of ether oxygens (including phenoxy) is 1. The molecule has 0 radical (unpaired) electrons. The predicted octanol–water partition coefficient (Wildman–Crippen LogP) is 6.62. The molecule has 1 amide bonds. The molecule has 3 fully saturated rings. The number of hydrogen-bond donors (Lipinski definition) is 1. The Labute approximate surface area is 221 Å². The number of carbonyl (C=O) groups is 1. The van der Waals surface area contributed by atoms with Gasteiger partial charge in [0, 0.05) is 6.04 Å². The zero-order chi connectivity index (χ0) is 26.9. The molecule has 0 bridgehead atoms. The fourth-order valence-electron chi connectivity index (χ4n) is 6.27. The van der Waals surface area contributed by atoms with Crippen molar-refractivity contribution in [2.75, 3.05) is 19.7 Å². The van der Waals surface area contributed by atoms with Crippen LogP contribution in [-0.4, -0.2) is 42.1 Å². The molecule has 2 aromatic rings. The predicted molar refractivity (Wildman–Crippen MR) is 137 cm³/mol. The first-order valence-corrected chi connectivity index (χ1v) is 13.8. The van der Waals surface area contributed by atoms with E-state index >= 15 is 0 Å². The van der Waals surface area contributed by atoms with Crippen LogP contribution < -0.4 is 5.32 Å². The van der Waals surface area contributed by atoms with Crippen molar-refractivity contribution < 1.29 is 27.1 Å². The van der Waals surface area contributed by atoms with E-state index in [0.717, 1.165) is 57.3 Å². The lowest BCUT2D eigenvalue weighted by molar-refractivity contribution is -0.166. The van der Waals surface area contributed by atoms with Gasteiger partial charge in [-0.25, -0.2) is 4.39 Å². The van der Waals surface area contributed by atoms with Gasteiger partial charge in [0.2, 0.25) is 0 Å². The number of rotatable bonds is 7. The minimum Gasteiger partial charge on any atom is -0.363 e. The molecular formula is C30H36F4N2O2. The minimum atomic E-state index is -4.43. The molecule has 1 N–H and O–H groups in total. The summed E-state index contributed by atoms with van der Waals surface area (Å²) >= 11 is 0. The number of amides is 1. The third kappa shape index (κ3) is 5.76. The molecule has 3 atom stereocenters. The van der Waals surface area contributed by atoms with Crippen LogP contribution in [0.1, 0.15) is 80.5 Å². The molecule has 1 saturated carbocycles. The third-order valence-corrected chi connectivity index (χ3v) is 8.72. The second-order valence-electron chi connectivity index (χ2n) is 11.1. The van der Waals surface area contributed by atoms with E-state index in [4.69, 9.17) is 4.74 Å². The zero-order valence-corrected chi connectivity index (χ0v) is 21.8. The fraction of sp³-hybridized carbons (Fsp3) is 0.567. The van der Waals surface area contributed by atoms with Gasteiger partial charge in [-0.05, 0) is 105 Å². The van der Waals surface area contributed by atoms with Crippen molar-refractivity contribution in [3.05, 3.63) is 71.0 Å². The summed E-state index contributed by atoms with van der Waals surface area (Å²) in [6, 6.07) is 11.8. The molecule has 0 aromatic heterocycles. The molecule has 206 valence electrons. The Balaban J connectivity index is 1.20. The number of likely N-dealkylation sites (tertiary alicyclic amines) is 1. The highest BCUT2D eigenvalue weighted by Gasteiger charge is 2.54. The van der Waals surface area contributed by atoms with Gasteiger partial charge in [0.25, 0.3) is 5.91 Å². The summed E-state index contributed by atoms with van der Waals surface area (Å²) < 4.78 is 59.5. The maximum atomic E-state index is 13.6. The molecule has 2 aromatic carbocycles. The van der Waals surface area contributed by atoms with Crippen LogP contribution in [0, 0.1) is 11.7 Å². The molecule has 1 aliphatic carbocycles. The monoisotopic (exact) mass is 532 g/mol. The van der Waals surface area contributed by atoms with Crippen LogP contribution >= 0.6 is 0 Å². The summed E-state index contributed by atoms with van der Waals surface area (Å²) in [4.78, 5) is 16.1. The molecule has 0 unspecified atom stereocenters. The number of nitrogens with zero attached hydrogens (tertiary/aromatic N) is 1. The Morgan fingerprint density at radius 2 is 1.79 bits per heavy atom. The van der Waals surface area contributed by atoms with Crippen molar-refractivity contribution in [3.63, 3.8) is 0 Å². The number of alkyl halides is 3. The normalized spacial score (nSPS) is 26.2. The smallest absolute Gasteiger partial charge is 0.363 e. The van der Waals surface area contributed by atoms with Crippen molar-refractivity contribution in [2.24, 2.45) is 5.92 Å². The molecule has 2 aliphatic heterocycles. The van der Waals surface area contributed by atoms with Crippen molar-refractivity contribution in [1.82, 2.24) is 10.2 Å². The lowest BCUT2D eigenvalue weighted by Crippen LogP contribution is -2.57. The lowest BCUT2D eigenvalue weighted by Gasteiger charge is -2.45. The van der Waals surface area contributed by atoms with Gasteiger partial charge in [0.1, 0.15) is 11.4 Å². The Kier molecular flexibility index (Phi) is 7.83. The summed E-state index contributed by atoms with van der Waals surface area (Å²) in [6.07, 6.45) is 1.40. The summed E-state index contributed by atoms with van der Waals surface area (Å²) in [5, 5.41) is 3.04. The quantitative estimate of drug-likeness (QED) is 0.408. The van der Waals surface area contributed by atoms with Crippen LogP contribution in [0.3, 0.4) is 0 Å². The Hall–Kier alpha value is -2.45. The lowest BCUT2D eigenvalue weighted by atomic mass is 9.84. The van der Waals surface area contributed by atoms with Crippen molar-refractivity contribution in [3.8, 4) is 0 Å². The Morgan fingerprint density at radius 1 is 1.08 bits per heavy atom. The van der Waals surface area contributed by atoms with E-state index in [2.05, 4.69) is 10.2 Å². The number of nitrogens with one attached hydrogen (secondary N) is 1. The van der Waals surface area contributed by atoms with E-state index in [0.29, 0.717) is 30.9 Å². The summed E-state index contributed by atoms with van der Waals surface area (Å²) in [5.41, 5.74) is 0.0263. The topological polar surface area (TPSA) is 41.6 Å². The number of benzene rings is 2. The second-order valence-corrected chi connectivity index (χ2v) is 11.1. The largest absolute Gasteiger partial charge is 0.416 e. The van der Waals surface area contributed by atoms with E-state index in [1.165, 1.54) is 23.8 Å². The van der Waals surface area contributed by atoms with E-state index in [9.17, 15) is 22.4 Å². The maximum Gasteiger partial charge on any atom is 0.416 e. The van der Waals surface area contributed by atoms with E-state index in [-0.39, 0.29) is 23.7 Å². The molecular weight excluding hydrogens is 496 g/mol. The second kappa shape index (κ2) is 11.0.